The summed E-state index contributed by atoms with van der Waals surface area (Å²) in [5, 5.41) is 9.08. The first-order chi connectivity index (χ1) is 10.7. The van der Waals surface area contributed by atoms with Crippen LogP contribution in [0.2, 0.25) is 0 Å². The predicted octanol–water partition coefficient (Wildman–Crippen LogP) is 3.27. The molecule has 1 aliphatic rings. The first-order valence-electron chi connectivity index (χ1n) is 7.80. The minimum atomic E-state index is -1.47. The van der Waals surface area contributed by atoms with Gasteiger partial charge in [-0.3, -0.25) is 4.68 Å². The number of rotatable bonds is 3. The third-order valence-corrected chi connectivity index (χ3v) is 8.89. The smallest absolute Gasteiger partial charge is 0.149 e. The maximum Gasteiger partial charge on any atom is 0.149 e. The molecular weight excluding hydrogens is 287 g/mol. The predicted molar refractivity (Wildman–Crippen MR) is 95.0 cm³/mol. The van der Waals surface area contributed by atoms with E-state index in [9.17, 15) is 0 Å². The lowest BCUT2D eigenvalue weighted by Gasteiger charge is -2.34. The molecule has 1 aliphatic heterocycles. The number of nitrogens with zero attached hydrogens (tertiary/aromatic N) is 2. The molecule has 4 rings (SSSR count). The average molecular weight is 307 g/mol. The fraction of sp³-hybridized carbons (Fsp3) is 0.211. The van der Waals surface area contributed by atoms with Crippen LogP contribution in [0.5, 0.6) is 0 Å². The van der Waals surface area contributed by atoms with E-state index in [4.69, 9.17) is 0 Å². The lowest BCUT2D eigenvalue weighted by atomic mass is 10.3. The molecule has 0 atom stereocenters. The van der Waals surface area contributed by atoms with Crippen LogP contribution in [-0.2, 0) is 6.16 Å². The summed E-state index contributed by atoms with van der Waals surface area (Å²) in [5.41, 5.74) is 1.43. The van der Waals surface area contributed by atoms with Gasteiger partial charge < -0.3 is 0 Å². The van der Waals surface area contributed by atoms with Crippen molar-refractivity contribution in [3.8, 4) is 0 Å². The van der Waals surface area contributed by atoms with E-state index in [1.165, 1.54) is 21.6 Å². The van der Waals surface area contributed by atoms with Crippen LogP contribution in [0.1, 0.15) is 25.6 Å². The highest BCUT2D eigenvalue weighted by molar-refractivity contribution is 7.96. The Kier molecular flexibility index (Phi) is 3.16. The molecule has 0 aliphatic carbocycles. The Hall–Kier alpha value is -1.92. The van der Waals surface area contributed by atoms with E-state index >= 15 is 0 Å². The second-order valence-electron chi connectivity index (χ2n) is 6.15. The topological polar surface area (TPSA) is 17.8 Å². The van der Waals surface area contributed by atoms with E-state index < -0.39 is 7.26 Å². The van der Waals surface area contributed by atoms with Crippen LogP contribution in [0, 0.1) is 0 Å². The normalized spacial score (nSPS) is 15.4. The highest BCUT2D eigenvalue weighted by Crippen LogP contribution is 2.65. The molecule has 0 N–H and O–H groups in total. The van der Waals surface area contributed by atoms with Crippen LogP contribution >= 0.6 is 7.26 Å². The zero-order valence-electron chi connectivity index (χ0n) is 13.0. The van der Waals surface area contributed by atoms with E-state index in [-0.39, 0.29) is 0 Å². The summed E-state index contributed by atoms with van der Waals surface area (Å²) in [6, 6.07) is 22.4. The zero-order valence-corrected chi connectivity index (χ0v) is 13.9. The molecular formula is C19H20N2P+. The fourth-order valence-electron chi connectivity index (χ4n) is 3.49. The second kappa shape index (κ2) is 5.07. The molecule has 3 heteroatoms. The highest BCUT2D eigenvalue weighted by atomic mass is 31.2. The summed E-state index contributed by atoms with van der Waals surface area (Å²) in [4.78, 5) is 0. The number of benzene rings is 2. The van der Waals surface area contributed by atoms with E-state index in [1.54, 1.807) is 0 Å². The zero-order chi connectivity index (χ0) is 15.2. The van der Waals surface area contributed by atoms with Crippen molar-refractivity contribution >= 4 is 23.2 Å². The molecule has 0 saturated heterocycles. The largest absolute Gasteiger partial charge is 0.259 e. The van der Waals surface area contributed by atoms with Crippen molar-refractivity contribution in [2.75, 3.05) is 0 Å². The first-order valence-corrected chi connectivity index (χ1v) is 9.77. The summed E-state index contributed by atoms with van der Waals surface area (Å²) >= 11 is 0. The van der Waals surface area contributed by atoms with Gasteiger partial charge in [-0.25, -0.2) is 0 Å². The molecule has 2 heterocycles. The van der Waals surface area contributed by atoms with Crippen molar-refractivity contribution in [3.05, 3.63) is 72.6 Å². The molecule has 0 unspecified atom stereocenters. The van der Waals surface area contributed by atoms with Crippen LogP contribution in [0.4, 0.5) is 0 Å². The van der Waals surface area contributed by atoms with Crippen molar-refractivity contribution in [1.29, 1.82) is 0 Å². The Morgan fingerprint density at radius 2 is 1.45 bits per heavy atom. The molecule has 0 fully saturated rings. The van der Waals surface area contributed by atoms with Crippen molar-refractivity contribution in [1.82, 2.24) is 9.78 Å². The van der Waals surface area contributed by atoms with Gasteiger partial charge in [-0.15, -0.1) is 0 Å². The van der Waals surface area contributed by atoms with Gasteiger partial charge in [-0.2, -0.15) is 5.10 Å². The van der Waals surface area contributed by atoms with Gasteiger partial charge in [-0.1, -0.05) is 36.4 Å². The maximum atomic E-state index is 4.67. The maximum absolute atomic E-state index is 4.67. The fourth-order valence-corrected chi connectivity index (χ4v) is 7.61. The van der Waals surface area contributed by atoms with E-state index in [2.05, 4.69) is 90.5 Å². The molecule has 22 heavy (non-hydrogen) atoms. The molecule has 2 nitrogen and oxygen atoms in total. The van der Waals surface area contributed by atoms with Crippen LogP contribution < -0.4 is 15.9 Å². The average Bonchev–Trinajstić information content (AvgIpc) is 2.88. The third-order valence-electron chi connectivity index (χ3n) is 4.56. The molecule has 0 radical (unpaired) electrons. The Morgan fingerprint density at radius 1 is 0.909 bits per heavy atom. The molecule has 0 spiro atoms. The summed E-state index contributed by atoms with van der Waals surface area (Å²) in [6.45, 7) is 4.41. The Morgan fingerprint density at radius 3 is 1.95 bits per heavy atom. The Balaban J connectivity index is 1.93. The molecule has 2 aromatic carbocycles. The minimum Gasteiger partial charge on any atom is -0.259 e. The molecule has 0 amide bonds. The van der Waals surface area contributed by atoms with E-state index in [1.807, 2.05) is 0 Å². The van der Waals surface area contributed by atoms with Crippen molar-refractivity contribution in [3.63, 3.8) is 0 Å². The Bertz CT molecular complexity index is 751. The van der Waals surface area contributed by atoms with Gasteiger partial charge in [0.25, 0.3) is 0 Å². The number of hydrogen-bond acceptors (Lipinski definition) is 1. The van der Waals surface area contributed by atoms with Crippen LogP contribution in [-0.4, -0.2) is 9.78 Å². The summed E-state index contributed by atoms with van der Waals surface area (Å²) in [5.74, 6) is 0. The molecule has 0 bridgehead atoms. The standard InChI is InChI=1S/C19H20N2P/c1-15(2)21-18-14-22(19(18)13-20-21,16-9-5-3-6-10-16)17-11-7-4-8-12-17/h3-13,15H,14H2,1-2H3/q+1. The number of hydrogen-bond donors (Lipinski definition) is 0. The highest BCUT2D eigenvalue weighted by Gasteiger charge is 2.57. The number of fused-ring (bicyclic) bond motifs is 1. The second-order valence-corrected chi connectivity index (χ2v) is 9.60. The van der Waals surface area contributed by atoms with Crippen molar-refractivity contribution in [2.24, 2.45) is 0 Å². The molecule has 1 aromatic heterocycles. The van der Waals surface area contributed by atoms with Crippen molar-refractivity contribution in [2.45, 2.75) is 26.1 Å². The first kappa shape index (κ1) is 13.7. The molecule has 0 saturated carbocycles. The van der Waals surface area contributed by atoms with Gasteiger partial charge in [-0.05, 0) is 38.1 Å². The van der Waals surface area contributed by atoms with Gasteiger partial charge in [0.15, 0.2) is 0 Å². The number of aromatic nitrogens is 2. The van der Waals surface area contributed by atoms with Gasteiger partial charge >= 0.3 is 0 Å². The monoisotopic (exact) mass is 307 g/mol. The van der Waals surface area contributed by atoms with Crippen LogP contribution in [0.15, 0.2) is 66.9 Å². The Labute approximate surface area is 132 Å². The SMILES string of the molecule is CC(C)n1ncc2c1C[P+]2(c1ccccc1)c1ccccc1. The van der Waals surface area contributed by atoms with Gasteiger partial charge in [0, 0.05) is 6.04 Å². The van der Waals surface area contributed by atoms with Gasteiger partial charge in [0.2, 0.25) is 0 Å². The lowest BCUT2D eigenvalue weighted by molar-refractivity contribution is 0.516. The van der Waals surface area contributed by atoms with Crippen LogP contribution in [0.3, 0.4) is 0 Å². The molecule has 3 aromatic rings. The third kappa shape index (κ3) is 1.80. The summed E-state index contributed by atoms with van der Waals surface area (Å²) < 4.78 is 2.19. The van der Waals surface area contributed by atoms with Gasteiger partial charge in [0.05, 0.1) is 6.20 Å². The van der Waals surface area contributed by atoms with Crippen LogP contribution in [0.25, 0.3) is 0 Å². The van der Waals surface area contributed by atoms with Crippen molar-refractivity contribution < 1.29 is 0 Å². The summed E-state index contributed by atoms with van der Waals surface area (Å²) in [7, 11) is -1.47. The molecule has 110 valence electrons. The quantitative estimate of drug-likeness (QED) is 0.679. The van der Waals surface area contributed by atoms with E-state index in [0.29, 0.717) is 6.04 Å². The summed E-state index contributed by atoms with van der Waals surface area (Å²) in [6.07, 6.45) is 3.25. The van der Waals surface area contributed by atoms with E-state index in [0.717, 1.165) is 6.16 Å². The minimum absolute atomic E-state index is 0.428. The lowest BCUT2D eigenvalue weighted by Crippen LogP contribution is -2.42. The van der Waals surface area contributed by atoms with Gasteiger partial charge in [0.1, 0.15) is 35.0 Å².